The van der Waals surface area contributed by atoms with Crippen molar-refractivity contribution in [2.24, 2.45) is 0 Å². The van der Waals surface area contributed by atoms with Crippen LogP contribution in [0.25, 0.3) is 0 Å². The topological polar surface area (TPSA) is 35.0 Å². The first-order valence-corrected chi connectivity index (χ1v) is 5.32. The number of ether oxygens (including phenoxy) is 1. The third-order valence-electron chi connectivity index (χ3n) is 1.93. The maximum atomic E-state index is 5.69. The fourth-order valence-electron chi connectivity index (χ4n) is 0.979. The van der Waals surface area contributed by atoms with Gasteiger partial charge in [-0.3, -0.25) is 0 Å². The molecule has 4 heteroatoms. The highest BCUT2D eigenvalue weighted by Gasteiger charge is 2.02. The average Bonchev–Trinajstić information content (AvgIpc) is 2.18. The first-order valence-electron chi connectivity index (χ1n) is 4.79. The number of unbranched alkanes of at least 4 members (excludes halogenated alkanes) is 1. The van der Waals surface area contributed by atoms with E-state index < -0.39 is 0 Å². The average molecular weight is 215 g/mol. The zero-order valence-corrected chi connectivity index (χ0v) is 9.34. The molecule has 14 heavy (non-hydrogen) atoms. The van der Waals surface area contributed by atoms with Gasteiger partial charge in [0.05, 0.1) is 12.5 Å². The Kier molecular flexibility index (Phi) is 4.66. The summed E-state index contributed by atoms with van der Waals surface area (Å²) >= 11 is 5.69. The van der Waals surface area contributed by atoms with Crippen molar-refractivity contribution in [2.75, 3.05) is 6.61 Å². The minimum Gasteiger partial charge on any atom is -0.463 e. The molecule has 0 aliphatic rings. The predicted molar refractivity (Wildman–Crippen MR) is 56.7 cm³/mol. The van der Waals surface area contributed by atoms with E-state index in [0.717, 1.165) is 24.1 Å². The standard InChI is InChI=1S/C10H15ClN2O/c1-3-4-5-14-10-12-7-9(6-11)8(2)13-10/h7H,3-6H2,1-2H3. The van der Waals surface area contributed by atoms with E-state index in [0.29, 0.717) is 18.5 Å². The highest BCUT2D eigenvalue weighted by molar-refractivity contribution is 6.17. The van der Waals surface area contributed by atoms with Crippen LogP contribution in [0.4, 0.5) is 0 Å². The second-order valence-corrected chi connectivity index (χ2v) is 3.37. The molecule has 0 unspecified atom stereocenters. The van der Waals surface area contributed by atoms with Gasteiger partial charge in [-0.05, 0) is 13.3 Å². The van der Waals surface area contributed by atoms with Gasteiger partial charge in [0.2, 0.25) is 0 Å². The molecular formula is C10H15ClN2O. The minimum absolute atomic E-state index is 0.446. The lowest BCUT2D eigenvalue weighted by Crippen LogP contribution is -2.02. The van der Waals surface area contributed by atoms with E-state index in [9.17, 15) is 0 Å². The Morgan fingerprint density at radius 2 is 2.29 bits per heavy atom. The second-order valence-electron chi connectivity index (χ2n) is 3.10. The van der Waals surface area contributed by atoms with Gasteiger partial charge < -0.3 is 4.74 Å². The fraction of sp³-hybridized carbons (Fsp3) is 0.600. The summed E-state index contributed by atoms with van der Waals surface area (Å²) in [6, 6.07) is 0.449. The van der Waals surface area contributed by atoms with E-state index >= 15 is 0 Å². The molecule has 1 aromatic heterocycles. The molecule has 0 amide bonds. The summed E-state index contributed by atoms with van der Waals surface area (Å²) in [6.07, 6.45) is 3.86. The Balaban J connectivity index is 2.57. The zero-order chi connectivity index (χ0) is 10.4. The SMILES string of the molecule is CCCCOc1ncc(CCl)c(C)n1. The second kappa shape index (κ2) is 5.81. The quantitative estimate of drug-likeness (QED) is 0.559. The maximum absolute atomic E-state index is 5.69. The van der Waals surface area contributed by atoms with E-state index in [1.807, 2.05) is 6.92 Å². The Morgan fingerprint density at radius 1 is 1.50 bits per heavy atom. The van der Waals surface area contributed by atoms with E-state index in [1.165, 1.54) is 0 Å². The summed E-state index contributed by atoms with van der Waals surface area (Å²) in [4.78, 5) is 8.26. The molecule has 0 saturated heterocycles. The van der Waals surface area contributed by atoms with Gasteiger partial charge in [-0.2, -0.15) is 0 Å². The molecule has 1 heterocycles. The van der Waals surface area contributed by atoms with Gasteiger partial charge in [-0.1, -0.05) is 13.3 Å². The van der Waals surface area contributed by atoms with Crippen molar-refractivity contribution in [1.29, 1.82) is 0 Å². The Morgan fingerprint density at radius 3 is 2.86 bits per heavy atom. The highest BCUT2D eigenvalue weighted by atomic mass is 35.5. The largest absolute Gasteiger partial charge is 0.463 e. The summed E-state index contributed by atoms with van der Waals surface area (Å²) < 4.78 is 5.36. The summed E-state index contributed by atoms with van der Waals surface area (Å²) in [6.45, 7) is 4.70. The van der Waals surface area contributed by atoms with Gasteiger partial charge in [0.15, 0.2) is 0 Å². The van der Waals surface area contributed by atoms with Crippen LogP contribution in [0, 0.1) is 6.92 Å². The minimum atomic E-state index is 0.446. The van der Waals surface area contributed by atoms with Crippen molar-refractivity contribution < 1.29 is 4.74 Å². The Hall–Kier alpha value is -0.830. The molecule has 0 radical (unpaired) electrons. The number of hydrogen-bond acceptors (Lipinski definition) is 3. The molecule has 0 aliphatic heterocycles. The van der Waals surface area contributed by atoms with Crippen LogP contribution in [0.5, 0.6) is 6.01 Å². The lowest BCUT2D eigenvalue weighted by atomic mass is 10.3. The van der Waals surface area contributed by atoms with Crippen LogP contribution in [0.1, 0.15) is 31.0 Å². The Bertz CT molecular complexity index is 291. The summed E-state index contributed by atoms with van der Waals surface area (Å²) in [5.74, 6) is 0.446. The molecule has 0 spiro atoms. The molecule has 0 N–H and O–H groups in total. The first-order chi connectivity index (χ1) is 6.77. The molecule has 0 aliphatic carbocycles. The van der Waals surface area contributed by atoms with Crippen molar-refractivity contribution in [2.45, 2.75) is 32.6 Å². The molecule has 3 nitrogen and oxygen atoms in total. The van der Waals surface area contributed by atoms with Gasteiger partial charge in [-0.25, -0.2) is 9.97 Å². The molecular weight excluding hydrogens is 200 g/mol. The summed E-state index contributed by atoms with van der Waals surface area (Å²) in [5, 5.41) is 0. The molecule has 0 bridgehead atoms. The molecule has 1 aromatic rings. The number of aryl methyl sites for hydroxylation is 1. The normalized spacial score (nSPS) is 10.2. The van der Waals surface area contributed by atoms with E-state index in [-0.39, 0.29) is 0 Å². The van der Waals surface area contributed by atoms with E-state index in [1.54, 1.807) is 6.20 Å². The molecule has 1 rings (SSSR count). The smallest absolute Gasteiger partial charge is 0.316 e. The van der Waals surface area contributed by atoms with Crippen molar-refractivity contribution in [1.82, 2.24) is 9.97 Å². The fourth-order valence-corrected chi connectivity index (χ4v) is 1.24. The zero-order valence-electron chi connectivity index (χ0n) is 8.59. The van der Waals surface area contributed by atoms with Crippen molar-refractivity contribution in [3.63, 3.8) is 0 Å². The lowest BCUT2D eigenvalue weighted by Gasteiger charge is -2.05. The van der Waals surface area contributed by atoms with Crippen molar-refractivity contribution in [3.05, 3.63) is 17.5 Å². The number of hydrogen-bond donors (Lipinski definition) is 0. The van der Waals surface area contributed by atoms with Crippen LogP contribution in [-0.4, -0.2) is 16.6 Å². The van der Waals surface area contributed by atoms with Gasteiger partial charge >= 0.3 is 6.01 Å². The van der Waals surface area contributed by atoms with E-state index in [2.05, 4.69) is 16.9 Å². The number of alkyl halides is 1. The van der Waals surface area contributed by atoms with Crippen LogP contribution in [-0.2, 0) is 5.88 Å². The predicted octanol–water partition coefficient (Wildman–Crippen LogP) is 2.70. The molecule has 0 saturated carbocycles. The van der Waals surface area contributed by atoms with Gasteiger partial charge in [0.1, 0.15) is 0 Å². The maximum Gasteiger partial charge on any atom is 0.316 e. The van der Waals surface area contributed by atoms with Gasteiger partial charge in [0.25, 0.3) is 0 Å². The Labute approximate surface area is 89.5 Å². The number of rotatable bonds is 5. The number of nitrogens with zero attached hydrogens (tertiary/aromatic N) is 2. The first kappa shape index (κ1) is 11.2. The molecule has 0 atom stereocenters. The number of aromatic nitrogens is 2. The van der Waals surface area contributed by atoms with Gasteiger partial charge in [0, 0.05) is 17.5 Å². The van der Waals surface area contributed by atoms with Crippen LogP contribution in [0.3, 0.4) is 0 Å². The van der Waals surface area contributed by atoms with Crippen LogP contribution < -0.4 is 4.74 Å². The molecule has 0 fully saturated rings. The summed E-state index contributed by atoms with van der Waals surface area (Å²) in [7, 11) is 0. The number of halogens is 1. The third-order valence-corrected chi connectivity index (χ3v) is 2.22. The van der Waals surface area contributed by atoms with Crippen molar-refractivity contribution in [3.8, 4) is 6.01 Å². The van der Waals surface area contributed by atoms with E-state index in [4.69, 9.17) is 16.3 Å². The highest BCUT2D eigenvalue weighted by Crippen LogP contribution is 2.10. The monoisotopic (exact) mass is 214 g/mol. The van der Waals surface area contributed by atoms with Gasteiger partial charge in [-0.15, -0.1) is 11.6 Å². The lowest BCUT2D eigenvalue weighted by molar-refractivity contribution is 0.284. The van der Waals surface area contributed by atoms with Crippen LogP contribution in [0.15, 0.2) is 6.20 Å². The van der Waals surface area contributed by atoms with Crippen molar-refractivity contribution >= 4 is 11.6 Å². The summed E-state index contributed by atoms with van der Waals surface area (Å²) in [5.41, 5.74) is 1.84. The van der Waals surface area contributed by atoms with Crippen LogP contribution in [0.2, 0.25) is 0 Å². The third kappa shape index (κ3) is 3.14. The molecule has 0 aromatic carbocycles. The van der Waals surface area contributed by atoms with Crippen LogP contribution >= 0.6 is 11.6 Å². The molecule has 78 valence electrons.